The zero-order valence-corrected chi connectivity index (χ0v) is 33.7. The molecule has 58 heavy (non-hydrogen) atoms. The first-order chi connectivity index (χ1) is 28.5. The van der Waals surface area contributed by atoms with Gasteiger partial charge in [-0.05, 0) is 122 Å². The number of esters is 2. The summed E-state index contributed by atoms with van der Waals surface area (Å²) in [6.45, 7) is 5.86. The minimum absolute atomic E-state index is 0.228. The lowest BCUT2D eigenvalue weighted by molar-refractivity contribution is 0.0733. The highest BCUT2D eigenvalue weighted by molar-refractivity contribution is 5.92. The van der Waals surface area contributed by atoms with Crippen LogP contribution >= 0.6 is 0 Å². The Morgan fingerprint density at radius 2 is 0.724 bits per heavy atom. The lowest BCUT2D eigenvalue weighted by atomic mass is 10.1. The van der Waals surface area contributed by atoms with E-state index in [2.05, 4.69) is 34.3 Å². The predicted molar refractivity (Wildman–Crippen MR) is 228 cm³/mol. The average Bonchev–Trinajstić information content (AvgIpc) is 3.25. The highest BCUT2D eigenvalue weighted by atomic mass is 16.5. The van der Waals surface area contributed by atoms with Gasteiger partial charge in [0.2, 0.25) is 0 Å². The number of unbranched alkanes of at least 4 members (excludes halogenated alkanes) is 10. The summed E-state index contributed by atoms with van der Waals surface area (Å²) in [4.78, 5) is 25.8. The predicted octanol–water partition coefficient (Wildman–Crippen LogP) is 14.4. The largest absolute Gasteiger partial charge is 0.494 e. The minimum atomic E-state index is -0.568. The topological polar surface area (TPSA) is 121 Å². The van der Waals surface area contributed by atoms with Crippen molar-refractivity contribution in [2.45, 2.75) is 90.9 Å². The third-order valence-electron chi connectivity index (χ3n) is 9.20. The van der Waals surface area contributed by atoms with E-state index in [1.165, 1.54) is 70.3 Å². The fraction of sp³-hybridized carbons (Fsp3) is 0.333. The van der Waals surface area contributed by atoms with E-state index in [4.69, 9.17) is 18.9 Å². The monoisotopic (exact) mass is 782 g/mol. The van der Waals surface area contributed by atoms with Crippen LogP contribution < -0.4 is 18.9 Å². The lowest BCUT2D eigenvalue weighted by Gasteiger charge is -2.08. The number of carbonyl (C=O) groups is 2. The lowest BCUT2D eigenvalue weighted by Crippen LogP contribution is -2.10. The third-order valence-corrected chi connectivity index (χ3v) is 9.20. The van der Waals surface area contributed by atoms with Crippen LogP contribution in [-0.2, 0) is 0 Å². The Kier molecular flexibility index (Phi) is 18.1. The van der Waals surface area contributed by atoms with Crippen molar-refractivity contribution in [1.29, 1.82) is 0 Å². The molecule has 0 unspecified atom stereocenters. The Bertz CT molecular complexity index is 1890. The SMILES string of the molecule is CCCCCCCCOc1ccc(N=Nc2ccc(C(=O)Oc3cccc(OC(=O)c4ccc(N=Nc5ccc(OCCCCCCCC)cc5)cc4)c3)cc2)cc1. The summed E-state index contributed by atoms with van der Waals surface area (Å²) in [5.74, 6) is 0.943. The highest BCUT2D eigenvalue weighted by Gasteiger charge is 2.13. The summed E-state index contributed by atoms with van der Waals surface area (Å²) < 4.78 is 22.8. The summed E-state index contributed by atoms with van der Waals surface area (Å²) in [7, 11) is 0. The van der Waals surface area contributed by atoms with Crippen LogP contribution in [0.15, 0.2) is 142 Å². The fourth-order valence-corrected chi connectivity index (χ4v) is 5.86. The summed E-state index contributed by atoms with van der Waals surface area (Å²) in [5.41, 5.74) is 3.21. The number of benzene rings is 5. The first-order valence-electron chi connectivity index (χ1n) is 20.5. The molecule has 0 heterocycles. The van der Waals surface area contributed by atoms with Gasteiger partial charge in [0.15, 0.2) is 0 Å². The Morgan fingerprint density at radius 3 is 1.09 bits per heavy atom. The molecule has 5 rings (SSSR count). The maximum Gasteiger partial charge on any atom is 0.343 e. The van der Waals surface area contributed by atoms with E-state index in [0.717, 1.165) is 24.3 Å². The number of azo groups is 2. The van der Waals surface area contributed by atoms with Crippen LogP contribution in [0.4, 0.5) is 22.7 Å². The quantitative estimate of drug-likeness (QED) is 0.0266. The molecular formula is C48H54N4O6. The van der Waals surface area contributed by atoms with Gasteiger partial charge in [0.25, 0.3) is 0 Å². The summed E-state index contributed by atoms with van der Waals surface area (Å²) >= 11 is 0. The molecule has 302 valence electrons. The van der Waals surface area contributed by atoms with Crippen LogP contribution in [-0.4, -0.2) is 25.2 Å². The van der Waals surface area contributed by atoms with Gasteiger partial charge < -0.3 is 18.9 Å². The van der Waals surface area contributed by atoms with Crippen molar-refractivity contribution in [1.82, 2.24) is 0 Å². The van der Waals surface area contributed by atoms with Crippen molar-refractivity contribution in [2.75, 3.05) is 13.2 Å². The number of carbonyl (C=O) groups excluding carboxylic acids is 2. The molecule has 0 bridgehead atoms. The van der Waals surface area contributed by atoms with Crippen LogP contribution in [0, 0.1) is 0 Å². The third kappa shape index (κ3) is 15.4. The summed E-state index contributed by atoms with van der Waals surface area (Å²) in [6, 6.07) is 34.6. The van der Waals surface area contributed by atoms with Gasteiger partial charge in [-0.15, -0.1) is 0 Å². The first-order valence-corrected chi connectivity index (χ1v) is 20.5. The minimum Gasteiger partial charge on any atom is -0.494 e. The van der Waals surface area contributed by atoms with Crippen LogP contribution in [0.1, 0.15) is 112 Å². The Hall–Kier alpha value is -6.16. The number of ether oxygens (including phenoxy) is 4. The van der Waals surface area contributed by atoms with Gasteiger partial charge in [0, 0.05) is 6.07 Å². The van der Waals surface area contributed by atoms with Gasteiger partial charge >= 0.3 is 11.9 Å². The van der Waals surface area contributed by atoms with Gasteiger partial charge in [-0.2, -0.15) is 20.5 Å². The molecule has 0 saturated carbocycles. The molecule has 5 aromatic rings. The van der Waals surface area contributed by atoms with Crippen LogP contribution in [0.2, 0.25) is 0 Å². The Labute approximate surface area is 342 Å². The van der Waals surface area contributed by atoms with Gasteiger partial charge in [0.1, 0.15) is 23.0 Å². The van der Waals surface area contributed by atoms with Crippen molar-refractivity contribution >= 4 is 34.7 Å². The van der Waals surface area contributed by atoms with Crippen molar-refractivity contribution in [3.8, 4) is 23.0 Å². The van der Waals surface area contributed by atoms with Crippen molar-refractivity contribution in [3.05, 3.63) is 132 Å². The maximum atomic E-state index is 12.9. The molecule has 10 nitrogen and oxygen atoms in total. The molecule has 0 aliphatic carbocycles. The number of hydrogen-bond acceptors (Lipinski definition) is 10. The molecule has 0 radical (unpaired) electrons. The summed E-state index contributed by atoms with van der Waals surface area (Å²) in [5, 5.41) is 17.2. The second kappa shape index (κ2) is 24.5. The maximum absolute atomic E-state index is 12.9. The molecular weight excluding hydrogens is 729 g/mol. The van der Waals surface area contributed by atoms with E-state index >= 15 is 0 Å². The van der Waals surface area contributed by atoms with Gasteiger partial charge in [-0.25, -0.2) is 9.59 Å². The Morgan fingerprint density at radius 1 is 0.397 bits per heavy atom. The standard InChI is InChI=1S/C48H54N4O6/c1-3-5-7-9-11-13-34-55-43-30-26-41(27-31-43)51-49-39-22-18-37(19-23-39)47(53)57-45-16-15-17-46(36-45)58-48(54)38-20-24-40(25-21-38)50-52-42-28-32-44(33-29-42)56-35-14-12-10-8-6-4-2/h15-33,36H,3-14,34-35H2,1-2H3. The fourth-order valence-electron chi connectivity index (χ4n) is 5.86. The first kappa shape index (κ1) is 43.0. The molecule has 0 atom stereocenters. The van der Waals surface area contributed by atoms with E-state index in [1.807, 2.05) is 48.5 Å². The highest BCUT2D eigenvalue weighted by Crippen LogP contribution is 2.26. The molecule has 0 aliphatic rings. The van der Waals surface area contributed by atoms with Crippen LogP contribution in [0.3, 0.4) is 0 Å². The van der Waals surface area contributed by atoms with Crippen LogP contribution in [0.5, 0.6) is 23.0 Å². The molecule has 0 aliphatic heterocycles. The zero-order valence-electron chi connectivity index (χ0n) is 33.7. The molecule has 0 N–H and O–H groups in total. The van der Waals surface area contributed by atoms with E-state index in [0.29, 0.717) is 47.1 Å². The van der Waals surface area contributed by atoms with Crippen molar-refractivity contribution in [3.63, 3.8) is 0 Å². The molecule has 10 heteroatoms. The molecule has 0 spiro atoms. The molecule has 5 aromatic carbocycles. The second-order valence-electron chi connectivity index (χ2n) is 14.0. The van der Waals surface area contributed by atoms with E-state index in [1.54, 1.807) is 66.7 Å². The number of hydrogen-bond donors (Lipinski definition) is 0. The zero-order chi connectivity index (χ0) is 40.6. The van der Waals surface area contributed by atoms with Crippen molar-refractivity contribution < 1.29 is 28.5 Å². The van der Waals surface area contributed by atoms with Crippen molar-refractivity contribution in [2.24, 2.45) is 20.5 Å². The number of rotatable bonds is 24. The molecule has 0 fully saturated rings. The normalized spacial score (nSPS) is 11.2. The number of nitrogens with zero attached hydrogens (tertiary/aromatic N) is 4. The van der Waals surface area contributed by atoms with E-state index < -0.39 is 11.9 Å². The molecule has 0 aromatic heterocycles. The Balaban J connectivity index is 1.03. The summed E-state index contributed by atoms with van der Waals surface area (Å²) in [6.07, 6.45) is 14.7. The average molecular weight is 783 g/mol. The van der Waals surface area contributed by atoms with E-state index in [-0.39, 0.29) is 11.5 Å². The second-order valence-corrected chi connectivity index (χ2v) is 14.0. The molecule has 0 saturated heterocycles. The smallest absolute Gasteiger partial charge is 0.343 e. The molecule has 0 amide bonds. The van der Waals surface area contributed by atoms with Gasteiger partial charge in [0.05, 0.1) is 47.1 Å². The van der Waals surface area contributed by atoms with Gasteiger partial charge in [-0.1, -0.05) is 84.1 Å². The van der Waals surface area contributed by atoms with Crippen LogP contribution in [0.25, 0.3) is 0 Å². The van der Waals surface area contributed by atoms with Gasteiger partial charge in [-0.3, -0.25) is 0 Å². The van der Waals surface area contributed by atoms with E-state index in [9.17, 15) is 9.59 Å².